The molecule has 0 heterocycles. The average molecular weight is 1050 g/mol. The van der Waals surface area contributed by atoms with Gasteiger partial charge in [-0.3, -0.25) is 18.6 Å². The van der Waals surface area contributed by atoms with Crippen molar-refractivity contribution in [3.05, 3.63) is 60.8 Å². The van der Waals surface area contributed by atoms with Crippen LogP contribution in [0.15, 0.2) is 60.8 Å². The summed E-state index contributed by atoms with van der Waals surface area (Å²) in [7, 11) is 1.48. The predicted molar refractivity (Wildman–Crippen MR) is 314 cm³/mol. The number of hydrogen-bond donors (Lipinski definition) is 2. The Bertz CT molecular complexity index is 1440. The number of quaternary nitrogens is 1. The van der Waals surface area contributed by atoms with Crippen LogP contribution in [0.4, 0.5) is 0 Å². The lowest BCUT2D eigenvalue weighted by atomic mass is 10.0. The number of carbonyl (C=O) groups is 2. The van der Waals surface area contributed by atoms with Crippen LogP contribution in [0.25, 0.3) is 0 Å². The lowest BCUT2D eigenvalue weighted by Gasteiger charge is -2.27. The maximum atomic E-state index is 13.5. The van der Waals surface area contributed by atoms with Gasteiger partial charge in [0.15, 0.2) is 0 Å². The summed E-state index contributed by atoms with van der Waals surface area (Å²) >= 11 is 0. The molecular weight excluding hydrogens is 928 g/mol. The van der Waals surface area contributed by atoms with Crippen LogP contribution in [0.5, 0.6) is 0 Å². The number of phosphoric ester groups is 1. The van der Waals surface area contributed by atoms with Crippen LogP contribution in [-0.4, -0.2) is 74.3 Å². The first-order chi connectivity index (χ1) is 35.4. The van der Waals surface area contributed by atoms with Gasteiger partial charge < -0.3 is 19.4 Å². The molecule has 3 atom stereocenters. The van der Waals surface area contributed by atoms with E-state index in [2.05, 4.69) is 74.7 Å². The Morgan fingerprint density at radius 3 is 1.34 bits per heavy atom. The van der Waals surface area contributed by atoms with Crippen molar-refractivity contribution in [2.75, 3.05) is 40.9 Å². The van der Waals surface area contributed by atoms with E-state index in [1.165, 1.54) is 161 Å². The molecule has 0 bridgehead atoms. The second kappa shape index (κ2) is 53.1. The monoisotopic (exact) mass is 1050 g/mol. The zero-order valence-corrected chi connectivity index (χ0v) is 49.5. The van der Waals surface area contributed by atoms with Gasteiger partial charge in [0.2, 0.25) is 5.91 Å². The van der Waals surface area contributed by atoms with Crippen molar-refractivity contribution in [1.82, 2.24) is 5.32 Å². The lowest BCUT2D eigenvalue weighted by molar-refractivity contribution is -0.870. The second-order valence-corrected chi connectivity index (χ2v) is 23.4. The van der Waals surface area contributed by atoms with Gasteiger partial charge in [-0.1, -0.05) is 249 Å². The molecular formula is C63H118N2O7P+. The molecule has 0 aromatic heterocycles. The number of hydrogen-bond acceptors (Lipinski definition) is 6. The molecule has 73 heavy (non-hydrogen) atoms. The van der Waals surface area contributed by atoms with Gasteiger partial charge in [-0.25, -0.2) is 4.57 Å². The smallest absolute Gasteiger partial charge is 0.456 e. The van der Waals surface area contributed by atoms with Crippen LogP contribution < -0.4 is 5.32 Å². The van der Waals surface area contributed by atoms with E-state index in [0.29, 0.717) is 17.4 Å². The molecule has 0 spiro atoms. The fraction of sp³-hybridized carbons (Fsp3) is 0.810. The third-order valence-corrected chi connectivity index (χ3v) is 14.5. The number of nitrogens with zero attached hydrogens (tertiary/aromatic N) is 1. The van der Waals surface area contributed by atoms with Crippen molar-refractivity contribution >= 4 is 19.7 Å². The summed E-state index contributed by atoms with van der Waals surface area (Å²) in [4.78, 5) is 37.6. The molecule has 426 valence electrons. The number of carbonyl (C=O) groups excluding carboxylic acids is 2. The Balaban J connectivity index is 5.13. The minimum atomic E-state index is -4.45. The summed E-state index contributed by atoms with van der Waals surface area (Å²) in [5.41, 5.74) is 0. The quantitative estimate of drug-likeness (QED) is 0.0156. The summed E-state index contributed by atoms with van der Waals surface area (Å²) < 4.78 is 30.6. The summed E-state index contributed by atoms with van der Waals surface area (Å²) in [5, 5.41) is 3.04. The highest BCUT2D eigenvalue weighted by Gasteiger charge is 2.30. The van der Waals surface area contributed by atoms with Crippen LogP contribution >= 0.6 is 7.82 Å². The molecule has 0 saturated heterocycles. The molecule has 0 aromatic carbocycles. The largest absolute Gasteiger partial charge is 0.472 e. The lowest BCUT2D eigenvalue weighted by Crippen LogP contribution is -2.47. The topological polar surface area (TPSA) is 111 Å². The average Bonchev–Trinajstić information content (AvgIpc) is 3.35. The molecule has 0 aliphatic carbocycles. The Hall–Kier alpha value is -2.29. The predicted octanol–water partition coefficient (Wildman–Crippen LogP) is 18.7. The first-order valence-electron chi connectivity index (χ1n) is 30.6. The van der Waals surface area contributed by atoms with Gasteiger partial charge in [-0.05, 0) is 76.7 Å². The van der Waals surface area contributed by atoms with Gasteiger partial charge >= 0.3 is 13.8 Å². The van der Waals surface area contributed by atoms with E-state index < -0.39 is 20.0 Å². The highest BCUT2D eigenvalue weighted by atomic mass is 31.2. The highest BCUT2D eigenvalue weighted by Crippen LogP contribution is 2.43. The van der Waals surface area contributed by atoms with Gasteiger partial charge in [0.1, 0.15) is 19.3 Å². The fourth-order valence-corrected chi connectivity index (χ4v) is 9.49. The van der Waals surface area contributed by atoms with Gasteiger partial charge in [0.25, 0.3) is 0 Å². The van der Waals surface area contributed by atoms with E-state index in [1.54, 1.807) is 0 Å². The van der Waals surface area contributed by atoms with Crippen LogP contribution in [0.1, 0.15) is 278 Å². The number of rotatable bonds is 55. The van der Waals surface area contributed by atoms with Crippen LogP contribution in [-0.2, 0) is 27.9 Å². The summed E-state index contributed by atoms with van der Waals surface area (Å²) in [6.45, 7) is 6.86. The van der Waals surface area contributed by atoms with Crippen molar-refractivity contribution in [3.63, 3.8) is 0 Å². The van der Waals surface area contributed by atoms with Crippen LogP contribution in [0, 0.1) is 0 Å². The molecule has 0 rings (SSSR count). The zero-order valence-electron chi connectivity index (χ0n) is 48.6. The summed E-state index contributed by atoms with van der Waals surface area (Å²) in [6.07, 6.45) is 66.6. The van der Waals surface area contributed by atoms with E-state index in [9.17, 15) is 19.0 Å². The van der Waals surface area contributed by atoms with E-state index in [-0.39, 0.29) is 31.5 Å². The molecule has 0 aliphatic heterocycles. The second-order valence-electron chi connectivity index (χ2n) is 21.9. The van der Waals surface area contributed by atoms with Gasteiger partial charge in [-0.2, -0.15) is 0 Å². The van der Waals surface area contributed by atoms with E-state index >= 15 is 0 Å². The van der Waals surface area contributed by atoms with Crippen molar-refractivity contribution in [2.45, 2.75) is 290 Å². The molecule has 0 aliphatic rings. The Morgan fingerprint density at radius 2 is 0.890 bits per heavy atom. The normalized spacial score (nSPS) is 14.1. The number of esters is 1. The van der Waals surface area contributed by atoms with Crippen molar-refractivity contribution in [3.8, 4) is 0 Å². The van der Waals surface area contributed by atoms with Gasteiger partial charge in [-0.15, -0.1) is 0 Å². The first kappa shape index (κ1) is 70.7. The third-order valence-electron chi connectivity index (χ3n) is 13.5. The van der Waals surface area contributed by atoms with Crippen LogP contribution in [0.3, 0.4) is 0 Å². The molecule has 2 N–H and O–H groups in total. The van der Waals surface area contributed by atoms with Crippen LogP contribution in [0.2, 0.25) is 0 Å². The van der Waals surface area contributed by atoms with E-state index in [4.69, 9.17) is 13.8 Å². The van der Waals surface area contributed by atoms with Gasteiger partial charge in [0, 0.05) is 12.8 Å². The molecule has 0 saturated carbocycles. The maximum Gasteiger partial charge on any atom is 0.472 e. The van der Waals surface area contributed by atoms with Crippen molar-refractivity contribution in [1.29, 1.82) is 0 Å². The number of phosphoric acid groups is 1. The number of likely N-dealkylation sites (N-methyl/N-ethyl adjacent to an activating group) is 1. The zero-order chi connectivity index (χ0) is 53.6. The maximum absolute atomic E-state index is 13.5. The minimum Gasteiger partial charge on any atom is -0.456 e. The highest BCUT2D eigenvalue weighted by molar-refractivity contribution is 7.47. The molecule has 0 aromatic rings. The van der Waals surface area contributed by atoms with Crippen molar-refractivity contribution < 1.29 is 37.3 Å². The Morgan fingerprint density at radius 1 is 0.493 bits per heavy atom. The minimum absolute atomic E-state index is 0.0351. The van der Waals surface area contributed by atoms with Crippen molar-refractivity contribution in [2.24, 2.45) is 0 Å². The Labute approximate surface area is 451 Å². The number of amides is 1. The molecule has 1 amide bonds. The fourth-order valence-electron chi connectivity index (χ4n) is 8.76. The van der Waals surface area contributed by atoms with E-state index in [1.807, 2.05) is 33.3 Å². The molecule has 0 fully saturated rings. The SMILES string of the molecule is CC/C=C/C=C/C=C\CCCCCCCC(=O)NC(COP(=O)(O)OCC[N+](C)(C)C)C(/C=C\CCCCCCCCCCC)OC(=O)CCCCCCCCCCCCCCC/C=C/CCCCCCCC. The summed E-state index contributed by atoms with van der Waals surface area (Å²) in [6, 6.07) is -0.858. The number of allylic oxidation sites excluding steroid dienone is 9. The van der Waals surface area contributed by atoms with E-state index in [0.717, 1.165) is 83.5 Å². The van der Waals surface area contributed by atoms with Gasteiger partial charge in [0.05, 0.1) is 33.8 Å². The number of nitrogens with one attached hydrogen (secondary N) is 1. The Kier molecular flexibility index (Phi) is 51.5. The third kappa shape index (κ3) is 54.3. The number of ether oxygens (including phenoxy) is 1. The summed E-state index contributed by atoms with van der Waals surface area (Å²) in [5.74, 6) is -0.525. The molecule has 3 unspecified atom stereocenters. The standard InChI is InChI=1S/C63H117N2O7P/c1-7-10-13-16-19-22-25-27-28-29-30-31-32-33-34-35-36-38-41-44-47-50-53-56-63(67)72-61(54-51-48-45-42-39-24-21-18-15-12-9-3)60(59-71-73(68,69)70-58-57-65(4,5)6)64-62(66)55-52-49-46-43-40-37-26-23-20-17-14-11-8-2/h11,14,17,20,23,26-28,51,54,60-61H,7-10,12-13,15-16,18-19,21-22,24-25,29-50,52-53,55-59H2,1-6H3,(H-,64,66,68,69)/p+1/b14-11+,20-17+,26-23-,28-27+,54-51-. The first-order valence-corrected chi connectivity index (χ1v) is 32.1. The number of unbranched alkanes of at least 4 members (excludes halogenated alkanes) is 33. The molecule has 10 heteroatoms. The molecule has 9 nitrogen and oxygen atoms in total. The molecule has 0 radical (unpaired) electrons.